The molecule has 0 aliphatic rings. The Labute approximate surface area is 231 Å². The summed E-state index contributed by atoms with van der Waals surface area (Å²) in [6.07, 6.45) is 0. The fraction of sp³-hybridized carbons (Fsp3) is 0. The van der Waals surface area contributed by atoms with Crippen molar-refractivity contribution in [3.05, 3.63) is 138 Å². The Balaban J connectivity index is 1.39. The molecule has 1 aromatic heterocycles. The highest BCUT2D eigenvalue weighted by molar-refractivity contribution is 5.81. The lowest BCUT2D eigenvalue weighted by Crippen LogP contribution is -2.09. The number of anilines is 3. The minimum atomic E-state index is 0.427. The van der Waals surface area contributed by atoms with E-state index in [9.17, 15) is 10.5 Å². The summed E-state index contributed by atoms with van der Waals surface area (Å²) in [6.45, 7) is 7.36. The van der Waals surface area contributed by atoms with Crippen LogP contribution in [-0.2, 0) is 0 Å². The zero-order chi connectivity index (χ0) is 27.5. The third kappa shape index (κ3) is 4.63. The van der Waals surface area contributed by atoms with Crippen LogP contribution in [0, 0.1) is 29.2 Å². The van der Waals surface area contributed by atoms with E-state index in [1.807, 2.05) is 84.9 Å². The van der Waals surface area contributed by atoms with Gasteiger partial charge in [-0.15, -0.1) is 0 Å². The van der Waals surface area contributed by atoms with Gasteiger partial charge in [-0.2, -0.15) is 10.5 Å². The summed E-state index contributed by atoms with van der Waals surface area (Å²) in [5.41, 5.74) is 8.30. The van der Waals surface area contributed by atoms with Gasteiger partial charge in [0, 0.05) is 28.2 Å². The first-order valence-electron chi connectivity index (χ1n) is 12.4. The van der Waals surface area contributed by atoms with Crippen molar-refractivity contribution < 1.29 is 4.42 Å². The first kappa shape index (κ1) is 24.2. The molecule has 186 valence electrons. The highest BCUT2D eigenvalue weighted by Crippen LogP contribution is 2.37. The van der Waals surface area contributed by atoms with Gasteiger partial charge in [-0.1, -0.05) is 24.3 Å². The molecule has 1 heterocycles. The Morgan fingerprint density at radius 2 is 1.25 bits per heavy atom. The quantitative estimate of drug-likeness (QED) is 0.215. The molecule has 0 unspecified atom stereocenters. The molecule has 0 saturated heterocycles. The fourth-order valence-electron chi connectivity index (χ4n) is 4.59. The Bertz CT molecular complexity index is 1900. The van der Waals surface area contributed by atoms with Crippen molar-refractivity contribution in [1.29, 1.82) is 10.5 Å². The SMILES string of the molecule is [C-]#[N+]c1cc(C#N)cc(-c2ccc(N(c3ccc(C#N)cc3)c3ccc(-c4nc5ccccc5o4)cc3)cc2)c1. The molecule has 0 aliphatic carbocycles. The van der Waals surface area contributed by atoms with E-state index in [1.165, 1.54) is 0 Å². The maximum atomic E-state index is 9.37. The molecule has 0 bridgehead atoms. The molecule has 0 atom stereocenters. The van der Waals surface area contributed by atoms with E-state index in [2.05, 4.69) is 26.9 Å². The summed E-state index contributed by atoms with van der Waals surface area (Å²) in [7, 11) is 0. The average molecular weight is 514 g/mol. The van der Waals surface area contributed by atoms with Crippen molar-refractivity contribution in [3.8, 4) is 34.7 Å². The van der Waals surface area contributed by atoms with Crippen LogP contribution in [0.1, 0.15) is 11.1 Å². The van der Waals surface area contributed by atoms with Gasteiger partial charge in [0.2, 0.25) is 5.89 Å². The minimum absolute atomic E-state index is 0.427. The summed E-state index contributed by atoms with van der Waals surface area (Å²) in [5, 5.41) is 18.7. The second kappa shape index (κ2) is 10.3. The largest absolute Gasteiger partial charge is 0.436 e. The zero-order valence-corrected chi connectivity index (χ0v) is 21.1. The molecule has 5 aromatic carbocycles. The molecule has 0 fully saturated rings. The van der Waals surface area contributed by atoms with E-state index in [-0.39, 0.29) is 0 Å². The van der Waals surface area contributed by atoms with Crippen LogP contribution in [0.3, 0.4) is 0 Å². The lowest BCUT2D eigenvalue weighted by Gasteiger charge is -2.26. The van der Waals surface area contributed by atoms with E-state index in [0.29, 0.717) is 22.7 Å². The number of aromatic nitrogens is 1. The molecule has 0 spiro atoms. The van der Waals surface area contributed by atoms with Gasteiger partial charge in [-0.05, 0) is 102 Å². The smallest absolute Gasteiger partial charge is 0.227 e. The summed E-state index contributed by atoms with van der Waals surface area (Å²) in [4.78, 5) is 10.2. The van der Waals surface area contributed by atoms with Crippen molar-refractivity contribution in [3.63, 3.8) is 0 Å². The van der Waals surface area contributed by atoms with Gasteiger partial charge in [-0.3, -0.25) is 0 Å². The molecule has 0 amide bonds. The number of hydrogen-bond acceptors (Lipinski definition) is 5. The average Bonchev–Trinajstić information content (AvgIpc) is 3.46. The van der Waals surface area contributed by atoms with Gasteiger partial charge >= 0.3 is 0 Å². The van der Waals surface area contributed by atoms with Crippen LogP contribution in [0.15, 0.2) is 120 Å². The molecule has 6 nitrogen and oxygen atoms in total. The molecule has 6 aromatic rings. The second-order valence-electron chi connectivity index (χ2n) is 9.07. The highest BCUT2D eigenvalue weighted by atomic mass is 16.3. The second-order valence-corrected chi connectivity index (χ2v) is 9.07. The Hall–Kier alpha value is -6.16. The van der Waals surface area contributed by atoms with Crippen molar-refractivity contribution in [2.75, 3.05) is 4.90 Å². The van der Waals surface area contributed by atoms with Crippen LogP contribution in [0.25, 0.3) is 38.5 Å². The van der Waals surface area contributed by atoms with Gasteiger partial charge in [0.15, 0.2) is 11.3 Å². The molecule has 0 radical (unpaired) electrons. The highest BCUT2D eigenvalue weighted by Gasteiger charge is 2.15. The summed E-state index contributed by atoms with van der Waals surface area (Å²) < 4.78 is 5.94. The monoisotopic (exact) mass is 513 g/mol. The van der Waals surface area contributed by atoms with Crippen LogP contribution in [0.2, 0.25) is 0 Å². The van der Waals surface area contributed by atoms with Gasteiger partial charge in [-0.25, -0.2) is 9.83 Å². The number of fused-ring (bicyclic) bond motifs is 1. The number of rotatable bonds is 5. The number of nitrogens with zero attached hydrogens (tertiary/aromatic N) is 5. The Morgan fingerprint density at radius 3 is 1.85 bits per heavy atom. The molecule has 0 aliphatic heterocycles. The van der Waals surface area contributed by atoms with Crippen molar-refractivity contribution in [2.24, 2.45) is 0 Å². The maximum Gasteiger partial charge on any atom is 0.227 e. The molecular weight excluding hydrogens is 494 g/mol. The summed E-state index contributed by atoms with van der Waals surface area (Å²) in [5.74, 6) is 0.556. The van der Waals surface area contributed by atoms with Crippen LogP contribution in [-0.4, -0.2) is 4.98 Å². The van der Waals surface area contributed by atoms with Crippen molar-refractivity contribution in [2.45, 2.75) is 0 Å². The lowest BCUT2D eigenvalue weighted by molar-refractivity contribution is 0.620. The standard InChI is InChI=1S/C34H19N5O/c1-37-28-19-24(22-36)18-27(20-28)25-8-14-30(15-9-25)39(29-12-6-23(21-35)7-13-29)31-16-10-26(11-17-31)34-38-32-4-2-3-5-33(32)40-34/h2-20H. The minimum Gasteiger partial charge on any atom is -0.436 e. The molecular formula is C34H19N5O. The molecule has 0 saturated carbocycles. The van der Waals surface area contributed by atoms with E-state index in [4.69, 9.17) is 11.0 Å². The van der Waals surface area contributed by atoms with Crippen LogP contribution < -0.4 is 4.90 Å². The number of oxazole rings is 1. The third-order valence-corrected chi connectivity index (χ3v) is 6.56. The number of para-hydroxylation sites is 2. The third-order valence-electron chi connectivity index (χ3n) is 6.56. The normalized spacial score (nSPS) is 10.4. The topological polar surface area (TPSA) is 81.2 Å². The lowest BCUT2D eigenvalue weighted by atomic mass is 10.0. The number of nitriles is 2. The van der Waals surface area contributed by atoms with E-state index >= 15 is 0 Å². The van der Waals surface area contributed by atoms with Crippen LogP contribution >= 0.6 is 0 Å². The van der Waals surface area contributed by atoms with E-state index in [0.717, 1.165) is 44.9 Å². The summed E-state index contributed by atoms with van der Waals surface area (Å²) in [6, 6.07) is 40.5. The first-order chi connectivity index (χ1) is 19.6. The fourth-order valence-corrected chi connectivity index (χ4v) is 4.59. The van der Waals surface area contributed by atoms with Gasteiger partial charge in [0.05, 0.1) is 24.3 Å². The predicted octanol–water partition coefficient (Wildman–Crippen LogP) is 8.93. The zero-order valence-electron chi connectivity index (χ0n) is 21.1. The Kier molecular flexibility index (Phi) is 6.23. The van der Waals surface area contributed by atoms with Crippen molar-refractivity contribution in [1.82, 2.24) is 4.98 Å². The molecule has 6 rings (SSSR count). The maximum absolute atomic E-state index is 9.37. The van der Waals surface area contributed by atoms with Crippen LogP contribution in [0.4, 0.5) is 22.7 Å². The number of hydrogen-bond donors (Lipinski definition) is 0. The predicted molar refractivity (Wildman–Crippen MR) is 155 cm³/mol. The van der Waals surface area contributed by atoms with Gasteiger partial charge in [0.1, 0.15) is 5.52 Å². The van der Waals surface area contributed by atoms with Crippen LogP contribution in [0.5, 0.6) is 0 Å². The Morgan fingerprint density at radius 1 is 0.650 bits per heavy atom. The van der Waals surface area contributed by atoms with E-state index < -0.39 is 0 Å². The molecule has 6 heteroatoms. The molecule has 0 N–H and O–H groups in total. The first-order valence-corrected chi connectivity index (χ1v) is 12.4. The van der Waals surface area contributed by atoms with Gasteiger partial charge < -0.3 is 9.32 Å². The molecule has 40 heavy (non-hydrogen) atoms. The van der Waals surface area contributed by atoms with Crippen molar-refractivity contribution >= 4 is 33.8 Å². The number of benzene rings is 5. The summed E-state index contributed by atoms with van der Waals surface area (Å²) >= 11 is 0. The van der Waals surface area contributed by atoms with Gasteiger partial charge in [0.25, 0.3) is 0 Å². The van der Waals surface area contributed by atoms with E-state index in [1.54, 1.807) is 30.3 Å².